The van der Waals surface area contributed by atoms with Gasteiger partial charge < -0.3 is 10.4 Å². The zero-order valence-corrected chi connectivity index (χ0v) is 15.4. The minimum Gasteiger partial charge on any atom is -0.478 e. The lowest BCUT2D eigenvalue weighted by Crippen LogP contribution is -2.15. The van der Waals surface area contributed by atoms with Gasteiger partial charge in [-0.2, -0.15) is 0 Å². The lowest BCUT2D eigenvalue weighted by molar-refractivity contribution is 0.0698. The van der Waals surface area contributed by atoms with Crippen LogP contribution in [0.15, 0.2) is 66.7 Å². The van der Waals surface area contributed by atoms with Gasteiger partial charge in [0.2, 0.25) is 0 Å². The number of carbonyl (C=O) groups excluding carboxylic acids is 1. The van der Waals surface area contributed by atoms with E-state index in [1.165, 1.54) is 12.1 Å². The lowest BCUT2D eigenvalue weighted by atomic mass is 10.0. The maximum atomic E-state index is 13.7. The van der Waals surface area contributed by atoms with Gasteiger partial charge in [0, 0.05) is 5.56 Å². The van der Waals surface area contributed by atoms with Gasteiger partial charge in [0.25, 0.3) is 5.91 Å². The molecule has 1 amide bonds. The zero-order valence-electron chi connectivity index (χ0n) is 15.4. The normalized spacial score (nSPS) is 10.5. The highest BCUT2D eigenvalue weighted by molar-refractivity contribution is 6.07. The molecule has 0 aromatic heterocycles. The number of amides is 1. The second-order valence-corrected chi connectivity index (χ2v) is 6.59. The molecule has 0 fully saturated rings. The van der Waals surface area contributed by atoms with Crippen LogP contribution in [0.4, 0.5) is 10.1 Å². The number of carboxylic acid groups (broad SMARTS) is 1. The number of hydrogen-bond donors (Lipinski definition) is 2. The zero-order chi connectivity index (χ0) is 20.1. The van der Waals surface area contributed by atoms with Gasteiger partial charge in [0.1, 0.15) is 5.82 Å². The fourth-order valence-corrected chi connectivity index (χ4v) is 2.90. The Hall–Kier alpha value is -3.47. The first kappa shape index (κ1) is 19.3. The molecule has 0 bridgehead atoms. The summed E-state index contributed by atoms with van der Waals surface area (Å²) in [6, 6.07) is 18.6. The summed E-state index contributed by atoms with van der Waals surface area (Å²) in [5, 5.41) is 12.1. The maximum Gasteiger partial charge on any atom is 0.337 e. The topological polar surface area (TPSA) is 66.4 Å². The van der Waals surface area contributed by atoms with Crippen molar-refractivity contribution in [3.8, 4) is 0 Å². The molecule has 3 aromatic rings. The van der Waals surface area contributed by atoms with E-state index in [4.69, 9.17) is 0 Å². The summed E-state index contributed by atoms with van der Waals surface area (Å²) in [4.78, 5) is 23.9. The first-order valence-corrected chi connectivity index (χ1v) is 8.91. The van der Waals surface area contributed by atoms with E-state index in [9.17, 15) is 19.1 Å². The predicted molar refractivity (Wildman–Crippen MR) is 106 cm³/mol. The third kappa shape index (κ3) is 4.62. The van der Waals surface area contributed by atoms with Crippen LogP contribution >= 0.6 is 0 Å². The molecule has 0 atom stereocenters. The molecule has 4 nitrogen and oxygen atoms in total. The van der Waals surface area contributed by atoms with Crippen LogP contribution in [0.25, 0.3) is 0 Å². The Morgan fingerprint density at radius 2 is 1.57 bits per heavy atom. The van der Waals surface area contributed by atoms with Gasteiger partial charge in [0.15, 0.2) is 0 Å². The molecule has 0 aliphatic rings. The molecule has 0 aliphatic heterocycles. The first-order chi connectivity index (χ1) is 13.4. The molecule has 3 rings (SSSR count). The molecule has 0 radical (unpaired) electrons. The Morgan fingerprint density at radius 1 is 0.929 bits per heavy atom. The largest absolute Gasteiger partial charge is 0.478 e. The summed E-state index contributed by atoms with van der Waals surface area (Å²) < 4.78 is 13.7. The molecule has 3 aromatic carbocycles. The van der Waals surface area contributed by atoms with Crippen molar-refractivity contribution in [2.24, 2.45) is 0 Å². The molecular weight excluding hydrogens is 357 g/mol. The van der Waals surface area contributed by atoms with Gasteiger partial charge in [-0.3, -0.25) is 4.79 Å². The second-order valence-electron chi connectivity index (χ2n) is 6.59. The molecule has 5 heteroatoms. The van der Waals surface area contributed by atoms with Crippen molar-refractivity contribution in [1.82, 2.24) is 0 Å². The highest BCUT2D eigenvalue weighted by Gasteiger charge is 2.14. The molecular formula is C23H20FNO3. The quantitative estimate of drug-likeness (QED) is 0.644. The molecule has 0 unspecified atom stereocenters. The van der Waals surface area contributed by atoms with Crippen molar-refractivity contribution in [3.05, 3.63) is 100 Å². The number of benzene rings is 3. The average molecular weight is 377 g/mol. The number of carbonyl (C=O) groups is 2. The number of aryl methyl sites for hydroxylation is 3. The standard InChI is InChI=1S/C23H20FNO3/c1-15-7-8-16(13-20(15)24)9-10-17-11-12-19(23(27)28)21(14-17)25-22(26)18-5-3-2-4-6-18/h2-8,11-14H,9-10H2,1H3,(H,25,26)(H,27,28). The highest BCUT2D eigenvalue weighted by atomic mass is 19.1. The van der Waals surface area contributed by atoms with Crippen molar-refractivity contribution in [1.29, 1.82) is 0 Å². The van der Waals surface area contributed by atoms with Crippen LogP contribution in [-0.4, -0.2) is 17.0 Å². The number of anilines is 1. The summed E-state index contributed by atoms with van der Waals surface area (Å²) in [7, 11) is 0. The van der Waals surface area contributed by atoms with Crippen molar-refractivity contribution in [3.63, 3.8) is 0 Å². The van der Waals surface area contributed by atoms with Crippen molar-refractivity contribution < 1.29 is 19.1 Å². The van der Waals surface area contributed by atoms with Crippen LogP contribution < -0.4 is 5.32 Å². The monoisotopic (exact) mass is 377 g/mol. The van der Waals surface area contributed by atoms with Gasteiger partial charge in [-0.15, -0.1) is 0 Å². The van der Waals surface area contributed by atoms with Crippen LogP contribution in [-0.2, 0) is 12.8 Å². The van der Waals surface area contributed by atoms with Gasteiger partial charge >= 0.3 is 5.97 Å². The summed E-state index contributed by atoms with van der Waals surface area (Å²) in [5.41, 5.74) is 3.03. The van der Waals surface area contributed by atoms with E-state index in [1.807, 2.05) is 6.07 Å². The number of rotatable bonds is 6. The lowest BCUT2D eigenvalue weighted by Gasteiger charge is -2.11. The average Bonchev–Trinajstić information content (AvgIpc) is 2.69. The Kier molecular flexibility index (Phi) is 5.84. The number of aromatic carboxylic acids is 1. The molecule has 0 aliphatic carbocycles. The number of nitrogens with one attached hydrogen (secondary N) is 1. The third-order valence-electron chi connectivity index (χ3n) is 4.54. The first-order valence-electron chi connectivity index (χ1n) is 8.91. The van der Waals surface area contributed by atoms with Crippen LogP contribution in [0.1, 0.15) is 37.4 Å². The molecule has 0 spiro atoms. The maximum absolute atomic E-state index is 13.7. The Bertz CT molecular complexity index is 1020. The molecule has 0 heterocycles. The fourth-order valence-electron chi connectivity index (χ4n) is 2.90. The fraction of sp³-hybridized carbons (Fsp3) is 0.130. The second kappa shape index (κ2) is 8.48. The van der Waals surface area contributed by atoms with E-state index in [0.717, 1.165) is 11.1 Å². The van der Waals surface area contributed by atoms with Crippen LogP contribution in [0.3, 0.4) is 0 Å². The van der Waals surface area contributed by atoms with Crippen molar-refractivity contribution in [2.45, 2.75) is 19.8 Å². The minimum absolute atomic E-state index is 0.0226. The summed E-state index contributed by atoms with van der Waals surface area (Å²) in [6.45, 7) is 1.71. The van der Waals surface area contributed by atoms with Crippen LogP contribution in [0.2, 0.25) is 0 Å². The van der Waals surface area contributed by atoms with E-state index in [-0.39, 0.29) is 23.0 Å². The number of halogens is 1. The third-order valence-corrected chi connectivity index (χ3v) is 4.54. The Morgan fingerprint density at radius 3 is 2.21 bits per heavy atom. The van der Waals surface area contributed by atoms with E-state index in [2.05, 4.69) is 5.32 Å². The molecule has 2 N–H and O–H groups in total. The SMILES string of the molecule is Cc1ccc(CCc2ccc(C(=O)O)c(NC(=O)c3ccccc3)c2)cc1F. The van der Waals surface area contributed by atoms with Gasteiger partial charge in [-0.25, -0.2) is 9.18 Å². The van der Waals surface area contributed by atoms with E-state index in [0.29, 0.717) is 24.0 Å². The van der Waals surface area contributed by atoms with Gasteiger partial charge in [-0.1, -0.05) is 36.4 Å². The summed E-state index contributed by atoms with van der Waals surface area (Å²) >= 11 is 0. The Labute approximate surface area is 162 Å². The van der Waals surface area contributed by atoms with Crippen LogP contribution in [0, 0.1) is 12.7 Å². The number of carboxylic acids is 1. The Balaban J connectivity index is 1.79. The van der Waals surface area contributed by atoms with Gasteiger partial charge in [-0.05, 0) is 66.8 Å². The summed E-state index contributed by atoms with van der Waals surface area (Å²) in [6.07, 6.45) is 1.20. The summed E-state index contributed by atoms with van der Waals surface area (Å²) in [5.74, 6) is -1.73. The van der Waals surface area contributed by atoms with E-state index >= 15 is 0 Å². The smallest absolute Gasteiger partial charge is 0.337 e. The van der Waals surface area contributed by atoms with Crippen LogP contribution in [0.5, 0.6) is 0 Å². The van der Waals surface area contributed by atoms with Crippen molar-refractivity contribution >= 4 is 17.6 Å². The van der Waals surface area contributed by atoms with E-state index in [1.54, 1.807) is 55.5 Å². The minimum atomic E-state index is -1.12. The van der Waals surface area contributed by atoms with Gasteiger partial charge in [0.05, 0.1) is 11.3 Å². The molecule has 28 heavy (non-hydrogen) atoms. The van der Waals surface area contributed by atoms with Crippen molar-refractivity contribution in [2.75, 3.05) is 5.32 Å². The number of hydrogen-bond acceptors (Lipinski definition) is 2. The van der Waals surface area contributed by atoms with E-state index < -0.39 is 5.97 Å². The predicted octanol–water partition coefficient (Wildman–Crippen LogP) is 4.87. The highest BCUT2D eigenvalue weighted by Crippen LogP contribution is 2.21. The molecule has 142 valence electrons. The molecule has 0 saturated heterocycles. The molecule has 0 saturated carbocycles.